The molecule has 106 valence electrons. The number of hydrazine groups is 1. The van der Waals surface area contributed by atoms with Gasteiger partial charge in [0.1, 0.15) is 5.69 Å². The molecule has 1 aliphatic carbocycles. The van der Waals surface area contributed by atoms with E-state index in [9.17, 15) is 10.1 Å². The quantitative estimate of drug-likeness (QED) is 0.378. The molecule has 0 atom stereocenters. The minimum Gasteiger partial charge on any atom is -0.359 e. The van der Waals surface area contributed by atoms with E-state index in [4.69, 9.17) is 24.4 Å². The van der Waals surface area contributed by atoms with E-state index in [1.54, 1.807) is 18.2 Å². The summed E-state index contributed by atoms with van der Waals surface area (Å²) in [5.74, 6) is 0. The third-order valence-corrected chi connectivity index (χ3v) is 2.98. The van der Waals surface area contributed by atoms with Gasteiger partial charge in [-0.2, -0.15) is 0 Å². The van der Waals surface area contributed by atoms with Crippen molar-refractivity contribution in [1.29, 1.82) is 0 Å². The number of nitrogens with one attached hydrogen (secondary N) is 4. The molecular formula is C11H13N5O2S2. The zero-order valence-electron chi connectivity index (χ0n) is 10.4. The highest BCUT2D eigenvalue weighted by Crippen LogP contribution is 2.22. The van der Waals surface area contributed by atoms with Crippen LogP contribution in [0.25, 0.3) is 0 Å². The van der Waals surface area contributed by atoms with Crippen LogP contribution in [0.15, 0.2) is 24.3 Å². The van der Waals surface area contributed by atoms with E-state index < -0.39 is 4.92 Å². The van der Waals surface area contributed by atoms with Crippen molar-refractivity contribution < 1.29 is 4.92 Å². The average molecular weight is 311 g/mol. The summed E-state index contributed by atoms with van der Waals surface area (Å²) in [5, 5.41) is 17.3. The average Bonchev–Trinajstić information content (AvgIpc) is 3.21. The Morgan fingerprint density at radius 3 is 2.50 bits per heavy atom. The summed E-state index contributed by atoms with van der Waals surface area (Å²) in [4.78, 5) is 10.4. The number of anilines is 1. The van der Waals surface area contributed by atoms with Crippen LogP contribution >= 0.6 is 24.4 Å². The number of hydrogen-bond acceptors (Lipinski definition) is 4. The molecule has 0 amide bonds. The summed E-state index contributed by atoms with van der Waals surface area (Å²) in [5.41, 5.74) is 5.67. The summed E-state index contributed by atoms with van der Waals surface area (Å²) >= 11 is 10.1. The molecule has 0 spiro atoms. The molecule has 2 rings (SSSR count). The van der Waals surface area contributed by atoms with E-state index in [-0.39, 0.29) is 10.8 Å². The standard InChI is InChI=1S/C11H13N5O2S2/c17-16(18)9-4-2-1-3-8(9)13-11(20)15-14-10(19)12-7-5-6-7/h1-4,7H,5-6H2,(H2,12,14,19)(H2,13,15,20). The lowest BCUT2D eigenvalue weighted by Gasteiger charge is -2.13. The van der Waals surface area contributed by atoms with Crippen LogP contribution < -0.4 is 21.5 Å². The first kappa shape index (κ1) is 14.4. The SMILES string of the molecule is O=[N+]([O-])c1ccccc1NC(=S)NNC(=S)NC1CC1. The molecule has 1 aromatic rings. The highest BCUT2D eigenvalue weighted by Gasteiger charge is 2.21. The van der Waals surface area contributed by atoms with Gasteiger partial charge in [-0.3, -0.25) is 21.0 Å². The van der Waals surface area contributed by atoms with E-state index in [0.717, 1.165) is 12.8 Å². The second kappa shape index (κ2) is 6.44. The fourth-order valence-electron chi connectivity index (χ4n) is 1.45. The van der Waals surface area contributed by atoms with Gasteiger partial charge in [-0.25, -0.2) is 0 Å². The molecule has 1 fully saturated rings. The molecule has 0 saturated heterocycles. The fraction of sp³-hybridized carbons (Fsp3) is 0.273. The van der Waals surface area contributed by atoms with Gasteiger partial charge < -0.3 is 10.6 Å². The number of thiocarbonyl (C=S) groups is 2. The molecule has 1 saturated carbocycles. The number of nitro groups is 1. The van der Waals surface area contributed by atoms with Crippen LogP contribution in [0.3, 0.4) is 0 Å². The number of para-hydroxylation sites is 2. The predicted molar refractivity (Wildman–Crippen MR) is 84.3 cm³/mol. The summed E-state index contributed by atoms with van der Waals surface area (Å²) in [6, 6.07) is 6.69. The van der Waals surface area contributed by atoms with Gasteiger partial charge in [0, 0.05) is 12.1 Å². The zero-order chi connectivity index (χ0) is 14.5. The summed E-state index contributed by atoms with van der Waals surface area (Å²) in [7, 11) is 0. The van der Waals surface area contributed by atoms with Crippen molar-refractivity contribution in [2.75, 3.05) is 5.32 Å². The van der Waals surface area contributed by atoms with Crippen molar-refractivity contribution in [1.82, 2.24) is 16.2 Å². The Kier molecular flexibility index (Phi) is 4.64. The Balaban J connectivity index is 1.84. The minimum absolute atomic E-state index is 0.0460. The lowest BCUT2D eigenvalue weighted by molar-refractivity contribution is -0.383. The predicted octanol–water partition coefficient (Wildman–Crippen LogP) is 1.42. The molecule has 20 heavy (non-hydrogen) atoms. The highest BCUT2D eigenvalue weighted by molar-refractivity contribution is 7.80. The van der Waals surface area contributed by atoms with Crippen LogP contribution in [0.4, 0.5) is 11.4 Å². The van der Waals surface area contributed by atoms with Crippen molar-refractivity contribution in [3.63, 3.8) is 0 Å². The molecule has 0 unspecified atom stereocenters. The van der Waals surface area contributed by atoms with E-state index in [2.05, 4.69) is 21.5 Å². The first-order valence-corrected chi connectivity index (χ1v) is 6.75. The third-order valence-electron chi connectivity index (χ3n) is 2.55. The molecular weight excluding hydrogens is 298 g/mol. The zero-order valence-corrected chi connectivity index (χ0v) is 12.0. The highest BCUT2D eigenvalue weighted by atomic mass is 32.1. The monoisotopic (exact) mass is 311 g/mol. The van der Waals surface area contributed by atoms with E-state index in [0.29, 0.717) is 16.8 Å². The van der Waals surface area contributed by atoms with Gasteiger partial charge in [-0.05, 0) is 43.3 Å². The number of nitro benzene ring substituents is 1. The number of hydrogen-bond donors (Lipinski definition) is 4. The molecule has 0 bridgehead atoms. The maximum atomic E-state index is 10.9. The molecule has 1 aliphatic rings. The Hall–Kier alpha value is -2.00. The number of nitrogens with zero attached hydrogens (tertiary/aromatic N) is 1. The maximum absolute atomic E-state index is 10.9. The summed E-state index contributed by atoms with van der Waals surface area (Å²) in [6.07, 6.45) is 2.22. The van der Waals surface area contributed by atoms with Crippen molar-refractivity contribution >= 4 is 46.0 Å². The van der Waals surface area contributed by atoms with Crippen LogP contribution in [0.5, 0.6) is 0 Å². The lowest BCUT2D eigenvalue weighted by atomic mass is 10.3. The lowest BCUT2D eigenvalue weighted by Crippen LogP contribution is -2.48. The molecule has 4 N–H and O–H groups in total. The van der Waals surface area contributed by atoms with Crippen LogP contribution in [0.2, 0.25) is 0 Å². The van der Waals surface area contributed by atoms with E-state index in [1.165, 1.54) is 6.07 Å². The van der Waals surface area contributed by atoms with Crippen LogP contribution in [0, 0.1) is 10.1 Å². The summed E-state index contributed by atoms with van der Waals surface area (Å²) < 4.78 is 0. The first-order chi connectivity index (χ1) is 9.56. The van der Waals surface area contributed by atoms with E-state index >= 15 is 0 Å². The molecule has 0 aliphatic heterocycles. The molecule has 9 heteroatoms. The molecule has 0 aromatic heterocycles. The van der Waals surface area contributed by atoms with Crippen LogP contribution in [-0.2, 0) is 0 Å². The second-order valence-corrected chi connectivity index (χ2v) is 5.04. The summed E-state index contributed by atoms with van der Waals surface area (Å²) in [6.45, 7) is 0. The molecule has 0 radical (unpaired) electrons. The van der Waals surface area contributed by atoms with Gasteiger partial charge in [-0.15, -0.1) is 0 Å². The first-order valence-electron chi connectivity index (χ1n) is 5.93. The normalized spacial score (nSPS) is 13.2. The van der Waals surface area contributed by atoms with E-state index in [1.807, 2.05) is 0 Å². The van der Waals surface area contributed by atoms with Gasteiger partial charge in [-0.1, -0.05) is 12.1 Å². The molecule has 1 aromatic carbocycles. The Labute approximate surface area is 126 Å². The van der Waals surface area contributed by atoms with Crippen LogP contribution in [-0.4, -0.2) is 21.2 Å². The van der Waals surface area contributed by atoms with Crippen molar-refractivity contribution in [2.24, 2.45) is 0 Å². The molecule has 0 heterocycles. The Morgan fingerprint density at radius 2 is 1.85 bits per heavy atom. The maximum Gasteiger partial charge on any atom is 0.292 e. The fourth-order valence-corrected chi connectivity index (χ4v) is 1.83. The van der Waals surface area contributed by atoms with Gasteiger partial charge >= 0.3 is 0 Å². The smallest absolute Gasteiger partial charge is 0.292 e. The minimum atomic E-state index is -0.475. The van der Waals surface area contributed by atoms with Crippen molar-refractivity contribution in [3.05, 3.63) is 34.4 Å². The van der Waals surface area contributed by atoms with Crippen LogP contribution in [0.1, 0.15) is 12.8 Å². The number of rotatable bonds is 3. The van der Waals surface area contributed by atoms with Gasteiger partial charge in [0.15, 0.2) is 10.2 Å². The largest absolute Gasteiger partial charge is 0.359 e. The number of benzene rings is 1. The van der Waals surface area contributed by atoms with Gasteiger partial charge in [0.25, 0.3) is 5.69 Å². The molecule has 7 nitrogen and oxygen atoms in total. The Bertz CT molecular complexity index is 547. The third kappa shape index (κ3) is 4.28. The van der Waals surface area contributed by atoms with Crippen molar-refractivity contribution in [2.45, 2.75) is 18.9 Å². The van der Waals surface area contributed by atoms with Gasteiger partial charge in [0.2, 0.25) is 0 Å². The second-order valence-electron chi connectivity index (χ2n) is 4.23. The van der Waals surface area contributed by atoms with Crippen molar-refractivity contribution in [3.8, 4) is 0 Å². The topological polar surface area (TPSA) is 91.3 Å². The van der Waals surface area contributed by atoms with Gasteiger partial charge in [0.05, 0.1) is 4.92 Å². The Morgan fingerprint density at radius 1 is 1.20 bits per heavy atom.